The summed E-state index contributed by atoms with van der Waals surface area (Å²) in [6, 6.07) is 5.60. The maximum atomic E-state index is 12.9. The molecule has 3 N–H and O–H groups in total. The molecule has 9 heteroatoms. The largest absolute Gasteiger partial charge is 0.339 e. The summed E-state index contributed by atoms with van der Waals surface area (Å²) in [6.07, 6.45) is 3.24. The van der Waals surface area contributed by atoms with Gasteiger partial charge in [0.2, 0.25) is 9.70 Å². The zero-order valence-corrected chi connectivity index (χ0v) is 16.8. The Morgan fingerprint density at radius 2 is 1.80 bits per heavy atom. The number of anilines is 1. The highest BCUT2D eigenvalue weighted by Crippen LogP contribution is 2.29. The Balaban J connectivity index is 2.56. The van der Waals surface area contributed by atoms with Gasteiger partial charge in [0.15, 0.2) is 5.11 Å². The van der Waals surface area contributed by atoms with Crippen LogP contribution in [0.5, 0.6) is 0 Å². The lowest BCUT2D eigenvalue weighted by molar-refractivity contribution is -0.122. The Kier molecular flexibility index (Phi) is 9.79. The SMILES string of the molecule is CCCCCCC(=O)N[C@H](NC(=S)Nc1ccc(F)cc1)C(Cl)(Cl)Cl. The molecule has 4 nitrogen and oxygen atoms in total. The first-order valence-electron chi connectivity index (χ1n) is 7.91. The molecular weight excluding hydrogens is 408 g/mol. The highest BCUT2D eigenvalue weighted by Gasteiger charge is 2.34. The summed E-state index contributed by atoms with van der Waals surface area (Å²) in [5.74, 6) is -0.594. The number of rotatable bonds is 8. The number of hydrogen-bond donors (Lipinski definition) is 3. The van der Waals surface area contributed by atoms with E-state index in [1.54, 1.807) is 0 Å². The number of carbonyl (C=O) groups excluding carboxylic acids is 1. The summed E-state index contributed by atoms with van der Waals surface area (Å²) >= 11 is 22.9. The lowest BCUT2D eigenvalue weighted by Gasteiger charge is -2.27. The van der Waals surface area contributed by atoms with Gasteiger partial charge in [-0.15, -0.1) is 0 Å². The van der Waals surface area contributed by atoms with Gasteiger partial charge in [0.1, 0.15) is 12.0 Å². The maximum absolute atomic E-state index is 12.9. The molecule has 0 spiro atoms. The number of carbonyl (C=O) groups is 1. The van der Waals surface area contributed by atoms with Crippen LogP contribution in [0, 0.1) is 5.82 Å². The number of nitrogens with one attached hydrogen (secondary N) is 3. The molecule has 0 heterocycles. The van der Waals surface area contributed by atoms with E-state index in [-0.39, 0.29) is 16.8 Å². The van der Waals surface area contributed by atoms with Gasteiger partial charge >= 0.3 is 0 Å². The van der Waals surface area contributed by atoms with Crippen LogP contribution in [0.2, 0.25) is 0 Å². The zero-order valence-electron chi connectivity index (χ0n) is 13.8. The van der Waals surface area contributed by atoms with Crippen molar-refractivity contribution in [1.82, 2.24) is 10.6 Å². The fourth-order valence-corrected chi connectivity index (χ4v) is 2.54. The van der Waals surface area contributed by atoms with Crippen molar-refractivity contribution in [2.24, 2.45) is 0 Å². The predicted molar refractivity (Wildman–Crippen MR) is 107 cm³/mol. The van der Waals surface area contributed by atoms with Gasteiger partial charge in [0, 0.05) is 12.1 Å². The van der Waals surface area contributed by atoms with Gasteiger partial charge in [-0.3, -0.25) is 4.79 Å². The van der Waals surface area contributed by atoms with Gasteiger partial charge in [-0.25, -0.2) is 4.39 Å². The monoisotopic (exact) mass is 427 g/mol. The smallest absolute Gasteiger partial charge is 0.228 e. The topological polar surface area (TPSA) is 53.2 Å². The van der Waals surface area contributed by atoms with Crippen LogP contribution in [0.25, 0.3) is 0 Å². The number of amides is 1. The van der Waals surface area contributed by atoms with E-state index in [0.29, 0.717) is 12.1 Å². The Labute approximate surface area is 167 Å². The summed E-state index contributed by atoms with van der Waals surface area (Å²) in [6.45, 7) is 2.10. The second-order valence-corrected chi connectivity index (χ2v) is 8.24. The number of alkyl halides is 3. The van der Waals surface area contributed by atoms with Gasteiger partial charge in [0.05, 0.1) is 0 Å². The summed E-state index contributed by atoms with van der Waals surface area (Å²) in [7, 11) is 0. The molecule has 0 radical (unpaired) electrons. The van der Waals surface area contributed by atoms with Crippen LogP contribution in [0.4, 0.5) is 10.1 Å². The minimum Gasteiger partial charge on any atom is -0.339 e. The van der Waals surface area contributed by atoms with Crippen LogP contribution in [0.15, 0.2) is 24.3 Å². The quantitative estimate of drug-likeness (QED) is 0.239. The lowest BCUT2D eigenvalue weighted by Crippen LogP contribution is -2.56. The number of benzene rings is 1. The molecule has 0 saturated carbocycles. The molecule has 1 atom stereocenters. The molecule has 0 aromatic heterocycles. The average molecular weight is 429 g/mol. The predicted octanol–water partition coefficient (Wildman–Crippen LogP) is 4.90. The Morgan fingerprint density at radius 3 is 2.36 bits per heavy atom. The van der Waals surface area contributed by atoms with Gasteiger partial charge in [-0.2, -0.15) is 0 Å². The standard InChI is InChI=1S/C16H21Cl3FN3OS/c1-2-3-4-5-6-13(24)22-14(16(17,18)19)23-15(25)21-12-9-7-11(20)8-10-12/h7-10,14H,2-6H2,1H3,(H,22,24)(H2,21,23,25)/t14-/m1/s1. The highest BCUT2D eigenvalue weighted by molar-refractivity contribution is 7.80. The van der Waals surface area contributed by atoms with Gasteiger partial charge in [0.25, 0.3) is 0 Å². The molecule has 0 aliphatic heterocycles. The first-order valence-corrected chi connectivity index (χ1v) is 9.45. The summed E-state index contributed by atoms with van der Waals surface area (Å²) in [4.78, 5) is 12.0. The average Bonchev–Trinajstić information content (AvgIpc) is 2.52. The normalized spacial score (nSPS) is 12.4. The van der Waals surface area contributed by atoms with Crippen LogP contribution in [0.1, 0.15) is 39.0 Å². The first-order chi connectivity index (χ1) is 11.7. The van der Waals surface area contributed by atoms with Crippen molar-refractivity contribution >= 4 is 63.7 Å². The summed E-state index contributed by atoms with van der Waals surface area (Å²) in [5.41, 5.74) is 0.563. The van der Waals surface area contributed by atoms with E-state index >= 15 is 0 Å². The van der Waals surface area contributed by atoms with E-state index in [1.807, 2.05) is 0 Å². The van der Waals surface area contributed by atoms with E-state index in [9.17, 15) is 9.18 Å². The number of halogens is 4. The van der Waals surface area contributed by atoms with Crippen molar-refractivity contribution in [2.75, 3.05) is 5.32 Å². The molecular formula is C16H21Cl3FN3OS. The third kappa shape index (κ3) is 9.45. The molecule has 1 aromatic rings. The Morgan fingerprint density at radius 1 is 1.16 bits per heavy atom. The highest BCUT2D eigenvalue weighted by atomic mass is 35.6. The van der Waals surface area contributed by atoms with Gasteiger partial charge in [-0.1, -0.05) is 61.0 Å². The number of thiocarbonyl (C=S) groups is 1. The van der Waals surface area contributed by atoms with Gasteiger partial charge in [-0.05, 0) is 42.9 Å². The number of hydrogen-bond acceptors (Lipinski definition) is 2. The van der Waals surface area contributed by atoms with E-state index in [1.165, 1.54) is 24.3 Å². The summed E-state index contributed by atoms with van der Waals surface area (Å²) < 4.78 is 11.1. The van der Waals surface area contributed by atoms with Crippen LogP contribution in [0.3, 0.4) is 0 Å². The van der Waals surface area contributed by atoms with Crippen molar-refractivity contribution in [2.45, 2.75) is 49.0 Å². The fourth-order valence-electron chi connectivity index (χ4n) is 1.98. The molecule has 0 aliphatic carbocycles. The first kappa shape index (κ1) is 22.2. The van der Waals surface area contributed by atoms with Crippen molar-refractivity contribution in [3.63, 3.8) is 0 Å². The molecule has 1 amide bonds. The van der Waals surface area contributed by atoms with Crippen molar-refractivity contribution in [3.8, 4) is 0 Å². The molecule has 140 valence electrons. The maximum Gasteiger partial charge on any atom is 0.228 e. The van der Waals surface area contributed by atoms with E-state index in [2.05, 4.69) is 22.9 Å². The second-order valence-electron chi connectivity index (χ2n) is 5.46. The molecule has 0 aliphatic rings. The molecule has 1 rings (SSSR count). The van der Waals surface area contributed by atoms with Crippen molar-refractivity contribution in [3.05, 3.63) is 30.1 Å². The molecule has 0 bridgehead atoms. The zero-order chi connectivity index (χ0) is 18.9. The Bertz CT molecular complexity index is 567. The van der Waals surface area contributed by atoms with E-state index < -0.39 is 9.96 Å². The minimum absolute atomic E-state index is 0.134. The van der Waals surface area contributed by atoms with Crippen molar-refractivity contribution < 1.29 is 9.18 Å². The molecule has 1 aromatic carbocycles. The third-order valence-electron chi connectivity index (χ3n) is 3.27. The molecule has 0 fully saturated rings. The van der Waals surface area contributed by atoms with Crippen LogP contribution in [-0.2, 0) is 4.79 Å². The van der Waals surface area contributed by atoms with Gasteiger partial charge < -0.3 is 16.0 Å². The van der Waals surface area contributed by atoms with Crippen LogP contribution < -0.4 is 16.0 Å². The lowest BCUT2D eigenvalue weighted by atomic mass is 10.1. The minimum atomic E-state index is -1.80. The summed E-state index contributed by atoms with van der Waals surface area (Å²) in [5, 5.41) is 8.34. The van der Waals surface area contributed by atoms with Crippen LogP contribution >= 0.6 is 47.0 Å². The molecule has 25 heavy (non-hydrogen) atoms. The third-order valence-corrected chi connectivity index (χ3v) is 4.14. The van der Waals surface area contributed by atoms with E-state index in [4.69, 9.17) is 47.0 Å². The van der Waals surface area contributed by atoms with E-state index in [0.717, 1.165) is 25.7 Å². The van der Waals surface area contributed by atoms with Crippen LogP contribution in [-0.4, -0.2) is 21.0 Å². The van der Waals surface area contributed by atoms with Crippen molar-refractivity contribution in [1.29, 1.82) is 0 Å². The Hall–Kier alpha value is -0.820. The molecule has 0 saturated heterocycles. The second kappa shape index (κ2) is 11.0. The fraction of sp³-hybridized carbons (Fsp3) is 0.500. The molecule has 0 unspecified atom stereocenters. The number of unbranched alkanes of at least 4 members (excludes halogenated alkanes) is 3.